The molecular weight excluding hydrogens is 242 g/mol. The van der Waals surface area contributed by atoms with Gasteiger partial charge in [-0.25, -0.2) is 8.42 Å². The van der Waals surface area contributed by atoms with Crippen LogP contribution in [0.1, 0.15) is 44.3 Å². The zero-order valence-electron chi connectivity index (χ0n) is 10.0. The zero-order valence-corrected chi connectivity index (χ0v) is 10.8. The second kappa shape index (κ2) is 4.06. The van der Waals surface area contributed by atoms with Gasteiger partial charge in [-0.1, -0.05) is 19.0 Å². The Bertz CT molecular complexity index is 493. The van der Waals surface area contributed by atoms with Gasteiger partial charge in [-0.3, -0.25) is 0 Å². The summed E-state index contributed by atoms with van der Waals surface area (Å²) in [5.41, 5.74) is 5.40. The zero-order chi connectivity index (χ0) is 12.7. The summed E-state index contributed by atoms with van der Waals surface area (Å²) >= 11 is 0. The van der Waals surface area contributed by atoms with E-state index in [-0.39, 0.29) is 17.4 Å². The summed E-state index contributed by atoms with van der Waals surface area (Å²) in [6, 6.07) is 0. The van der Waals surface area contributed by atoms with Crippen LogP contribution in [0.2, 0.25) is 0 Å². The van der Waals surface area contributed by atoms with Crippen molar-refractivity contribution in [3.05, 3.63) is 11.7 Å². The van der Waals surface area contributed by atoms with Crippen molar-refractivity contribution < 1.29 is 12.9 Å². The third-order valence-electron chi connectivity index (χ3n) is 3.10. The predicted molar refractivity (Wildman–Crippen MR) is 62.1 cm³/mol. The molecule has 0 aromatic carbocycles. The number of hydrogen-bond acceptors (Lipinski definition) is 6. The first-order chi connectivity index (χ1) is 7.82. The summed E-state index contributed by atoms with van der Waals surface area (Å²) in [5.74, 6) is 1.30. The number of nitrogens with zero attached hydrogens (tertiary/aromatic N) is 2. The SMILES string of the molecule is CC(C)c1nc(C2(N)CCS(=O)(=O)CC2)no1. The maximum absolute atomic E-state index is 11.4. The van der Waals surface area contributed by atoms with Crippen LogP contribution >= 0.6 is 0 Å². The first-order valence-corrected chi connectivity index (χ1v) is 7.48. The average molecular weight is 259 g/mol. The van der Waals surface area contributed by atoms with Crippen molar-refractivity contribution in [3.63, 3.8) is 0 Å². The highest BCUT2D eigenvalue weighted by Crippen LogP contribution is 2.30. The van der Waals surface area contributed by atoms with Crippen LogP contribution in [0, 0.1) is 0 Å². The van der Waals surface area contributed by atoms with E-state index in [4.69, 9.17) is 10.3 Å². The first-order valence-electron chi connectivity index (χ1n) is 5.66. The molecule has 0 saturated carbocycles. The monoisotopic (exact) mass is 259 g/mol. The van der Waals surface area contributed by atoms with Crippen LogP contribution in [-0.2, 0) is 15.4 Å². The van der Waals surface area contributed by atoms with E-state index in [0.29, 0.717) is 24.6 Å². The Kier molecular flexibility index (Phi) is 2.99. The highest BCUT2D eigenvalue weighted by molar-refractivity contribution is 7.91. The van der Waals surface area contributed by atoms with Gasteiger partial charge < -0.3 is 10.3 Å². The van der Waals surface area contributed by atoms with Crippen molar-refractivity contribution in [2.75, 3.05) is 11.5 Å². The second-order valence-electron chi connectivity index (χ2n) is 4.92. The molecule has 1 aliphatic heterocycles. The average Bonchev–Trinajstić information content (AvgIpc) is 2.73. The fourth-order valence-electron chi connectivity index (χ4n) is 1.80. The van der Waals surface area contributed by atoms with E-state index in [1.807, 2.05) is 13.8 Å². The maximum Gasteiger partial charge on any atom is 0.229 e. The van der Waals surface area contributed by atoms with Gasteiger partial charge >= 0.3 is 0 Å². The van der Waals surface area contributed by atoms with Crippen molar-refractivity contribution in [1.82, 2.24) is 10.1 Å². The predicted octanol–water partition coefficient (Wildman–Crippen LogP) is 0.556. The third-order valence-corrected chi connectivity index (χ3v) is 4.75. The Morgan fingerprint density at radius 3 is 2.41 bits per heavy atom. The van der Waals surface area contributed by atoms with E-state index >= 15 is 0 Å². The standard InChI is InChI=1S/C10H17N3O3S/c1-7(2)8-12-9(13-16-8)10(11)3-5-17(14,15)6-4-10/h7H,3-6,11H2,1-2H3. The van der Waals surface area contributed by atoms with E-state index in [0.717, 1.165) is 0 Å². The Morgan fingerprint density at radius 1 is 1.35 bits per heavy atom. The molecule has 0 unspecified atom stereocenters. The smallest absolute Gasteiger partial charge is 0.229 e. The van der Waals surface area contributed by atoms with Crippen LogP contribution in [0.5, 0.6) is 0 Å². The summed E-state index contributed by atoms with van der Waals surface area (Å²) in [4.78, 5) is 4.26. The number of sulfone groups is 1. The van der Waals surface area contributed by atoms with E-state index in [1.54, 1.807) is 0 Å². The molecular formula is C10H17N3O3S. The van der Waals surface area contributed by atoms with Crippen LogP contribution in [0.25, 0.3) is 0 Å². The largest absolute Gasteiger partial charge is 0.339 e. The van der Waals surface area contributed by atoms with E-state index < -0.39 is 15.4 Å². The lowest BCUT2D eigenvalue weighted by molar-refractivity contribution is 0.326. The molecule has 1 aliphatic rings. The molecule has 1 fully saturated rings. The topological polar surface area (TPSA) is 99.1 Å². The molecule has 96 valence electrons. The second-order valence-corrected chi connectivity index (χ2v) is 7.22. The van der Waals surface area contributed by atoms with Gasteiger partial charge in [0.05, 0.1) is 17.0 Å². The minimum atomic E-state index is -2.94. The van der Waals surface area contributed by atoms with Gasteiger partial charge in [0.25, 0.3) is 0 Å². The number of hydrogen-bond donors (Lipinski definition) is 1. The highest BCUT2D eigenvalue weighted by atomic mass is 32.2. The van der Waals surface area contributed by atoms with Gasteiger partial charge in [0, 0.05) is 5.92 Å². The lowest BCUT2D eigenvalue weighted by Gasteiger charge is -2.29. The molecule has 0 amide bonds. The molecule has 2 rings (SSSR count). The van der Waals surface area contributed by atoms with Crippen LogP contribution in [0.4, 0.5) is 0 Å². The fourth-order valence-corrected chi connectivity index (χ4v) is 3.35. The normalized spacial score (nSPS) is 22.8. The lowest BCUT2D eigenvalue weighted by Crippen LogP contribution is -2.45. The van der Waals surface area contributed by atoms with Crippen molar-refractivity contribution >= 4 is 9.84 Å². The van der Waals surface area contributed by atoms with Crippen LogP contribution in [0.3, 0.4) is 0 Å². The molecule has 0 spiro atoms. The Hall–Kier alpha value is -0.950. The van der Waals surface area contributed by atoms with Gasteiger partial charge in [0.15, 0.2) is 5.82 Å². The van der Waals surface area contributed by atoms with Crippen molar-refractivity contribution in [2.24, 2.45) is 5.73 Å². The van der Waals surface area contributed by atoms with Crippen LogP contribution in [0.15, 0.2) is 4.52 Å². The van der Waals surface area contributed by atoms with Gasteiger partial charge in [0.1, 0.15) is 9.84 Å². The van der Waals surface area contributed by atoms with Crippen LogP contribution in [-0.4, -0.2) is 30.1 Å². The molecule has 0 atom stereocenters. The third kappa shape index (κ3) is 2.50. The first kappa shape index (κ1) is 12.5. The summed E-state index contributed by atoms with van der Waals surface area (Å²) in [6.07, 6.45) is 0.707. The minimum absolute atomic E-state index is 0.0923. The lowest BCUT2D eigenvalue weighted by atomic mass is 9.93. The Labute approximate surface area is 100 Å². The molecule has 17 heavy (non-hydrogen) atoms. The molecule has 6 nitrogen and oxygen atoms in total. The molecule has 1 aromatic rings. The van der Waals surface area contributed by atoms with Crippen molar-refractivity contribution in [2.45, 2.75) is 38.1 Å². The molecule has 0 radical (unpaired) electrons. The van der Waals surface area contributed by atoms with Gasteiger partial charge in [-0.2, -0.15) is 4.98 Å². The van der Waals surface area contributed by atoms with Gasteiger partial charge in [-0.05, 0) is 12.8 Å². The molecule has 0 bridgehead atoms. The van der Waals surface area contributed by atoms with Crippen molar-refractivity contribution in [1.29, 1.82) is 0 Å². The molecule has 7 heteroatoms. The molecule has 2 heterocycles. The van der Waals surface area contributed by atoms with Gasteiger partial charge in [0.2, 0.25) is 5.89 Å². The molecule has 1 saturated heterocycles. The Morgan fingerprint density at radius 2 is 1.94 bits per heavy atom. The summed E-state index contributed by atoms with van der Waals surface area (Å²) in [5, 5.41) is 3.87. The van der Waals surface area contributed by atoms with E-state index in [2.05, 4.69) is 10.1 Å². The molecule has 1 aromatic heterocycles. The fraction of sp³-hybridized carbons (Fsp3) is 0.800. The quantitative estimate of drug-likeness (QED) is 0.833. The number of nitrogens with two attached hydrogens (primary N) is 1. The highest BCUT2D eigenvalue weighted by Gasteiger charge is 2.39. The minimum Gasteiger partial charge on any atom is -0.339 e. The van der Waals surface area contributed by atoms with Crippen molar-refractivity contribution in [3.8, 4) is 0 Å². The summed E-state index contributed by atoms with van der Waals surface area (Å²) in [6.45, 7) is 3.90. The summed E-state index contributed by atoms with van der Waals surface area (Å²) < 4.78 is 27.8. The summed E-state index contributed by atoms with van der Waals surface area (Å²) in [7, 11) is -2.94. The van der Waals surface area contributed by atoms with Crippen LogP contribution < -0.4 is 5.73 Å². The molecule has 2 N–H and O–H groups in total. The molecule has 0 aliphatic carbocycles. The number of rotatable bonds is 2. The Balaban J connectivity index is 2.21. The maximum atomic E-state index is 11.4. The van der Waals surface area contributed by atoms with E-state index in [1.165, 1.54) is 0 Å². The van der Waals surface area contributed by atoms with E-state index in [9.17, 15) is 8.42 Å². The number of aromatic nitrogens is 2. The van der Waals surface area contributed by atoms with Gasteiger partial charge in [-0.15, -0.1) is 0 Å².